The van der Waals surface area contributed by atoms with Gasteiger partial charge in [0.2, 0.25) is 19.9 Å². The standard InChI is InChI=1S/C28H24N4O5S2/c29-20-27(38(33,34)25-9-5-2-6-10-25)19-23-21-32(24-7-3-1-4-8-24)30-28(23)22-11-13-26(14-12-22)39(35,36)31-15-17-37-18-16-31/h1-14,19,21H,15-18H2/b27-19+. The Hall–Kier alpha value is -4.08. The number of nitrogens with zero attached hydrogens (tertiary/aromatic N) is 4. The second-order valence-electron chi connectivity index (χ2n) is 8.69. The van der Waals surface area contributed by atoms with Crippen LogP contribution >= 0.6 is 0 Å². The predicted octanol–water partition coefficient (Wildman–Crippen LogP) is 3.90. The molecule has 0 radical (unpaired) electrons. The van der Waals surface area contributed by atoms with Crippen LogP contribution in [-0.2, 0) is 24.6 Å². The molecule has 1 fully saturated rings. The summed E-state index contributed by atoms with van der Waals surface area (Å²) in [5.74, 6) is 0. The van der Waals surface area contributed by atoms with E-state index in [4.69, 9.17) is 4.74 Å². The van der Waals surface area contributed by atoms with E-state index < -0.39 is 24.8 Å². The third-order valence-electron chi connectivity index (χ3n) is 6.24. The van der Waals surface area contributed by atoms with Gasteiger partial charge in [-0.3, -0.25) is 0 Å². The maximum atomic E-state index is 13.2. The quantitative estimate of drug-likeness (QED) is 0.314. The van der Waals surface area contributed by atoms with Gasteiger partial charge in [-0.25, -0.2) is 21.5 Å². The zero-order valence-corrected chi connectivity index (χ0v) is 22.3. The predicted molar refractivity (Wildman–Crippen MR) is 146 cm³/mol. The average molecular weight is 561 g/mol. The van der Waals surface area contributed by atoms with Crippen LogP contribution in [-0.4, -0.2) is 57.2 Å². The topological polar surface area (TPSA) is 122 Å². The minimum absolute atomic E-state index is 0.00692. The van der Waals surface area contributed by atoms with Crippen molar-refractivity contribution in [1.82, 2.24) is 14.1 Å². The van der Waals surface area contributed by atoms with Crippen molar-refractivity contribution in [2.45, 2.75) is 9.79 Å². The van der Waals surface area contributed by atoms with Crippen molar-refractivity contribution in [2.24, 2.45) is 0 Å². The Morgan fingerprint density at radius 2 is 1.46 bits per heavy atom. The summed E-state index contributed by atoms with van der Waals surface area (Å²) in [6.07, 6.45) is 2.93. The van der Waals surface area contributed by atoms with Gasteiger partial charge in [0.1, 0.15) is 16.7 Å². The molecule has 1 saturated heterocycles. The molecule has 1 aliphatic heterocycles. The minimum atomic E-state index is -4.07. The van der Waals surface area contributed by atoms with Gasteiger partial charge in [-0.2, -0.15) is 14.7 Å². The number of benzene rings is 3. The molecule has 1 aromatic heterocycles. The fourth-order valence-corrected chi connectivity index (χ4v) is 6.77. The highest BCUT2D eigenvalue weighted by atomic mass is 32.2. The molecule has 0 unspecified atom stereocenters. The van der Waals surface area contributed by atoms with Gasteiger partial charge in [-0.15, -0.1) is 0 Å². The van der Waals surface area contributed by atoms with Crippen LogP contribution in [0.4, 0.5) is 0 Å². The van der Waals surface area contributed by atoms with Gasteiger partial charge in [-0.05, 0) is 42.5 Å². The van der Waals surface area contributed by atoms with Crippen molar-refractivity contribution in [1.29, 1.82) is 5.26 Å². The van der Waals surface area contributed by atoms with Crippen LogP contribution in [0.25, 0.3) is 23.0 Å². The molecule has 0 aliphatic carbocycles. The van der Waals surface area contributed by atoms with E-state index in [2.05, 4.69) is 5.10 Å². The summed E-state index contributed by atoms with van der Waals surface area (Å²) in [6.45, 7) is 1.26. The van der Waals surface area contributed by atoms with E-state index in [9.17, 15) is 22.1 Å². The lowest BCUT2D eigenvalue weighted by Crippen LogP contribution is -2.40. The molecule has 0 amide bonds. The lowest BCUT2D eigenvalue weighted by molar-refractivity contribution is 0.0730. The van der Waals surface area contributed by atoms with E-state index in [0.29, 0.717) is 30.0 Å². The molecule has 0 N–H and O–H groups in total. The van der Waals surface area contributed by atoms with Crippen LogP contribution in [0.3, 0.4) is 0 Å². The summed E-state index contributed by atoms with van der Waals surface area (Å²) in [6, 6.07) is 25.1. The molecular formula is C28H24N4O5S2. The number of aromatic nitrogens is 2. The van der Waals surface area contributed by atoms with Crippen molar-refractivity contribution in [2.75, 3.05) is 26.3 Å². The number of rotatable bonds is 7. The molecule has 0 saturated carbocycles. The van der Waals surface area contributed by atoms with Gasteiger partial charge in [-0.1, -0.05) is 48.5 Å². The average Bonchev–Trinajstić information content (AvgIpc) is 3.41. The number of ether oxygens (including phenoxy) is 1. The van der Waals surface area contributed by atoms with Crippen molar-refractivity contribution in [3.05, 3.63) is 102 Å². The number of sulfonamides is 1. The van der Waals surface area contributed by atoms with Gasteiger partial charge < -0.3 is 4.74 Å². The van der Waals surface area contributed by atoms with Crippen molar-refractivity contribution in [3.8, 4) is 23.0 Å². The molecule has 0 atom stereocenters. The van der Waals surface area contributed by atoms with Gasteiger partial charge in [0.05, 0.1) is 28.7 Å². The van der Waals surface area contributed by atoms with E-state index in [-0.39, 0.29) is 22.9 Å². The molecule has 39 heavy (non-hydrogen) atoms. The Kier molecular flexibility index (Phi) is 7.45. The summed E-state index contributed by atoms with van der Waals surface area (Å²) in [5.41, 5.74) is 2.07. The molecular weight excluding hydrogens is 536 g/mol. The normalized spacial score (nSPS) is 15.1. The third kappa shape index (κ3) is 5.41. The fraction of sp³-hybridized carbons (Fsp3) is 0.143. The molecule has 4 aromatic rings. The first-order valence-corrected chi connectivity index (χ1v) is 15.0. The smallest absolute Gasteiger partial charge is 0.243 e. The number of nitriles is 1. The van der Waals surface area contributed by atoms with Crippen LogP contribution in [0, 0.1) is 11.3 Å². The molecule has 1 aliphatic rings. The molecule has 2 heterocycles. The molecule has 11 heteroatoms. The van der Waals surface area contributed by atoms with E-state index in [1.807, 2.05) is 36.4 Å². The lowest BCUT2D eigenvalue weighted by atomic mass is 10.1. The van der Waals surface area contributed by atoms with Crippen molar-refractivity contribution in [3.63, 3.8) is 0 Å². The Labute approximate surface area is 227 Å². The third-order valence-corrected chi connectivity index (χ3v) is 9.83. The van der Waals surface area contributed by atoms with Crippen LogP contribution < -0.4 is 0 Å². The van der Waals surface area contributed by atoms with E-state index in [1.54, 1.807) is 41.2 Å². The lowest BCUT2D eigenvalue weighted by Gasteiger charge is -2.26. The highest BCUT2D eigenvalue weighted by Crippen LogP contribution is 2.30. The van der Waals surface area contributed by atoms with Crippen LogP contribution in [0.15, 0.2) is 106 Å². The molecule has 0 spiro atoms. The zero-order valence-electron chi connectivity index (χ0n) is 20.7. The zero-order chi connectivity index (χ0) is 27.5. The Morgan fingerprint density at radius 1 is 0.846 bits per heavy atom. The molecule has 198 valence electrons. The SMILES string of the molecule is N#C/C(=C\c1cn(-c2ccccc2)nc1-c1ccc(S(=O)(=O)N2CCOCC2)cc1)S(=O)(=O)c1ccccc1. The number of sulfone groups is 1. The minimum Gasteiger partial charge on any atom is -0.379 e. The van der Waals surface area contributed by atoms with E-state index in [1.165, 1.54) is 34.6 Å². The largest absolute Gasteiger partial charge is 0.379 e. The van der Waals surface area contributed by atoms with Crippen molar-refractivity contribution >= 4 is 25.9 Å². The Morgan fingerprint density at radius 3 is 2.08 bits per heavy atom. The monoisotopic (exact) mass is 560 g/mol. The number of allylic oxidation sites excluding steroid dienone is 1. The number of hydrogen-bond acceptors (Lipinski definition) is 7. The highest BCUT2D eigenvalue weighted by molar-refractivity contribution is 7.95. The fourth-order valence-electron chi connectivity index (χ4n) is 4.19. The Balaban J connectivity index is 1.59. The maximum absolute atomic E-state index is 13.2. The van der Waals surface area contributed by atoms with E-state index in [0.717, 1.165) is 5.69 Å². The Bertz CT molecular complexity index is 1750. The first kappa shape index (κ1) is 26.5. The van der Waals surface area contributed by atoms with Gasteiger partial charge >= 0.3 is 0 Å². The van der Waals surface area contributed by atoms with Crippen LogP contribution in [0.1, 0.15) is 5.56 Å². The first-order valence-electron chi connectivity index (χ1n) is 12.1. The number of hydrogen-bond donors (Lipinski definition) is 0. The summed E-state index contributed by atoms with van der Waals surface area (Å²) in [5, 5.41) is 14.5. The maximum Gasteiger partial charge on any atom is 0.243 e. The summed E-state index contributed by atoms with van der Waals surface area (Å²) < 4.78 is 60.8. The van der Waals surface area contributed by atoms with Crippen molar-refractivity contribution < 1.29 is 21.6 Å². The second-order valence-corrected chi connectivity index (χ2v) is 12.5. The van der Waals surface area contributed by atoms with Crippen LogP contribution in [0.2, 0.25) is 0 Å². The summed E-state index contributed by atoms with van der Waals surface area (Å²) in [7, 11) is -7.76. The first-order chi connectivity index (χ1) is 18.8. The van der Waals surface area contributed by atoms with E-state index >= 15 is 0 Å². The molecule has 9 nitrogen and oxygen atoms in total. The van der Waals surface area contributed by atoms with Crippen LogP contribution in [0.5, 0.6) is 0 Å². The summed E-state index contributed by atoms with van der Waals surface area (Å²) in [4.78, 5) is -0.293. The summed E-state index contributed by atoms with van der Waals surface area (Å²) >= 11 is 0. The molecule has 3 aromatic carbocycles. The number of morpholine rings is 1. The van der Waals surface area contributed by atoms with Gasteiger partial charge in [0.25, 0.3) is 0 Å². The molecule has 5 rings (SSSR count). The van der Waals surface area contributed by atoms with Gasteiger partial charge in [0.15, 0.2) is 0 Å². The second kappa shape index (κ2) is 11.0. The van der Waals surface area contributed by atoms with Gasteiger partial charge in [0, 0.05) is 30.4 Å². The highest BCUT2D eigenvalue weighted by Gasteiger charge is 2.27. The molecule has 0 bridgehead atoms. The number of para-hydroxylation sites is 1.